The highest BCUT2D eigenvalue weighted by atomic mass is 16.5. The van der Waals surface area contributed by atoms with Gasteiger partial charge in [-0.1, -0.05) is 13.8 Å². The van der Waals surface area contributed by atoms with E-state index in [1.54, 1.807) is 17.0 Å². The summed E-state index contributed by atoms with van der Waals surface area (Å²) in [6.45, 7) is 5.43. The standard InChI is InChI=1S/C21H27N3O5/c1-13(2)11-24-20(27)16-5-4-14(10-17(16)21(24)28)19(26)22-15-6-8-23(9-7-15)18(25)12-29-3/h4-5,10,13,15H,6-9,11-12H2,1-3H3,(H,22,26). The number of fused-ring (bicyclic) bond motifs is 1. The third-order valence-electron chi connectivity index (χ3n) is 5.23. The van der Waals surface area contributed by atoms with E-state index in [-0.39, 0.29) is 47.8 Å². The Kier molecular flexibility index (Phi) is 6.32. The molecule has 29 heavy (non-hydrogen) atoms. The summed E-state index contributed by atoms with van der Waals surface area (Å²) in [6.07, 6.45) is 1.32. The number of hydrogen-bond acceptors (Lipinski definition) is 5. The number of ether oxygens (including phenoxy) is 1. The third-order valence-corrected chi connectivity index (χ3v) is 5.23. The molecule has 4 amide bonds. The average Bonchev–Trinajstić information content (AvgIpc) is 2.92. The molecule has 2 aliphatic heterocycles. The highest BCUT2D eigenvalue weighted by Crippen LogP contribution is 2.25. The Morgan fingerprint density at radius 2 is 1.79 bits per heavy atom. The van der Waals surface area contributed by atoms with E-state index in [2.05, 4.69) is 5.32 Å². The van der Waals surface area contributed by atoms with Crippen molar-refractivity contribution < 1.29 is 23.9 Å². The molecule has 2 heterocycles. The first-order chi connectivity index (χ1) is 13.8. The lowest BCUT2D eigenvalue weighted by Crippen LogP contribution is -2.47. The fourth-order valence-corrected chi connectivity index (χ4v) is 3.72. The smallest absolute Gasteiger partial charge is 0.261 e. The molecular formula is C21H27N3O5. The fraction of sp³-hybridized carbons (Fsp3) is 0.524. The predicted octanol–water partition coefficient (Wildman–Crippen LogP) is 1.31. The summed E-state index contributed by atoms with van der Waals surface area (Å²) >= 11 is 0. The maximum atomic E-state index is 12.7. The molecule has 3 rings (SSSR count). The van der Waals surface area contributed by atoms with Gasteiger partial charge in [-0.2, -0.15) is 0 Å². The van der Waals surface area contributed by atoms with Crippen LogP contribution in [0.2, 0.25) is 0 Å². The number of rotatable bonds is 6. The number of imide groups is 1. The zero-order valence-corrected chi connectivity index (χ0v) is 17.1. The van der Waals surface area contributed by atoms with Gasteiger partial charge in [-0.25, -0.2) is 0 Å². The number of nitrogens with zero attached hydrogens (tertiary/aromatic N) is 2. The van der Waals surface area contributed by atoms with Crippen LogP contribution in [0.25, 0.3) is 0 Å². The molecule has 0 radical (unpaired) electrons. The second-order valence-electron chi connectivity index (χ2n) is 7.94. The quantitative estimate of drug-likeness (QED) is 0.725. The lowest BCUT2D eigenvalue weighted by molar-refractivity contribution is -0.136. The van der Waals surface area contributed by atoms with E-state index in [9.17, 15) is 19.2 Å². The predicted molar refractivity (Wildman–Crippen MR) is 106 cm³/mol. The lowest BCUT2D eigenvalue weighted by atomic mass is 10.0. The monoisotopic (exact) mass is 401 g/mol. The van der Waals surface area contributed by atoms with Crippen molar-refractivity contribution in [3.05, 3.63) is 34.9 Å². The molecule has 0 aliphatic carbocycles. The van der Waals surface area contributed by atoms with Gasteiger partial charge in [0.15, 0.2) is 0 Å². The first-order valence-corrected chi connectivity index (χ1v) is 9.89. The zero-order chi connectivity index (χ0) is 21.1. The first-order valence-electron chi connectivity index (χ1n) is 9.89. The molecule has 156 valence electrons. The van der Waals surface area contributed by atoms with Crippen LogP contribution in [0.4, 0.5) is 0 Å². The van der Waals surface area contributed by atoms with Crippen LogP contribution in [0, 0.1) is 5.92 Å². The molecule has 1 fully saturated rings. The van der Waals surface area contributed by atoms with Crippen LogP contribution in [0.3, 0.4) is 0 Å². The van der Waals surface area contributed by atoms with E-state index in [1.165, 1.54) is 18.1 Å². The molecule has 0 bridgehead atoms. The third kappa shape index (κ3) is 4.48. The lowest BCUT2D eigenvalue weighted by Gasteiger charge is -2.32. The van der Waals surface area contributed by atoms with E-state index in [4.69, 9.17) is 4.74 Å². The van der Waals surface area contributed by atoms with Gasteiger partial charge in [0.05, 0.1) is 11.1 Å². The van der Waals surface area contributed by atoms with E-state index < -0.39 is 0 Å². The maximum Gasteiger partial charge on any atom is 0.261 e. The average molecular weight is 401 g/mol. The highest BCUT2D eigenvalue weighted by molar-refractivity contribution is 6.22. The number of benzene rings is 1. The first kappa shape index (κ1) is 21.0. The van der Waals surface area contributed by atoms with Crippen molar-refractivity contribution >= 4 is 23.6 Å². The molecule has 8 nitrogen and oxygen atoms in total. The topological polar surface area (TPSA) is 96.0 Å². The summed E-state index contributed by atoms with van der Waals surface area (Å²) in [5, 5.41) is 2.97. The van der Waals surface area contributed by atoms with Crippen molar-refractivity contribution in [1.82, 2.24) is 15.1 Å². The van der Waals surface area contributed by atoms with Crippen molar-refractivity contribution in [2.75, 3.05) is 33.4 Å². The summed E-state index contributed by atoms with van der Waals surface area (Å²) < 4.78 is 4.87. The number of carbonyl (C=O) groups is 4. The molecule has 0 unspecified atom stereocenters. The van der Waals surface area contributed by atoms with Gasteiger partial charge < -0.3 is 15.0 Å². The van der Waals surface area contributed by atoms with Crippen molar-refractivity contribution in [2.24, 2.45) is 5.92 Å². The van der Waals surface area contributed by atoms with E-state index in [1.807, 2.05) is 13.8 Å². The van der Waals surface area contributed by atoms with E-state index >= 15 is 0 Å². The molecule has 1 aromatic rings. The Labute approximate surface area is 170 Å². The molecule has 0 saturated carbocycles. The summed E-state index contributed by atoms with van der Waals surface area (Å²) in [6, 6.07) is 4.59. The Morgan fingerprint density at radius 3 is 2.41 bits per heavy atom. The molecule has 1 saturated heterocycles. The number of carbonyl (C=O) groups excluding carboxylic acids is 4. The number of piperidine rings is 1. The largest absolute Gasteiger partial charge is 0.375 e. The van der Waals surface area contributed by atoms with Gasteiger partial charge in [-0.05, 0) is 37.0 Å². The number of amides is 4. The van der Waals surface area contributed by atoms with Crippen LogP contribution in [0.15, 0.2) is 18.2 Å². The van der Waals surface area contributed by atoms with E-state index in [0.29, 0.717) is 43.6 Å². The minimum Gasteiger partial charge on any atom is -0.375 e. The second-order valence-corrected chi connectivity index (χ2v) is 7.94. The van der Waals surface area contributed by atoms with Gasteiger partial charge in [-0.15, -0.1) is 0 Å². The van der Waals surface area contributed by atoms with Crippen LogP contribution >= 0.6 is 0 Å². The van der Waals surface area contributed by atoms with Gasteiger partial charge in [0.1, 0.15) is 6.61 Å². The Morgan fingerprint density at radius 1 is 1.14 bits per heavy atom. The van der Waals surface area contributed by atoms with Crippen molar-refractivity contribution in [2.45, 2.75) is 32.7 Å². The minimum absolute atomic E-state index is 0.0443. The number of methoxy groups -OCH3 is 1. The molecule has 8 heteroatoms. The molecule has 1 N–H and O–H groups in total. The van der Waals surface area contributed by atoms with Crippen LogP contribution in [0.1, 0.15) is 57.8 Å². The van der Waals surface area contributed by atoms with Gasteiger partial charge in [0.25, 0.3) is 17.7 Å². The number of hydrogen-bond donors (Lipinski definition) is 1. The van der Waals surface area contributed by atoms with E-state index in [0.717, 1.165) is 0 Å². The van der Waals surface area contributed by atoms with Crippen LogP contribution in [0.5, 0.6) is 0 Å². The van der Waals surface area contributed by atoms with Crippen molar-refractivity contribution in [3.8, 4) is 0 Å². The Hall–Kier alpha value is -2.74. The maximum absolute atomic E-state index is 12.7. The van der Waals surface area contributed by atoms with Gasteiger partial charge in [-0.3, -0.25) is 24.1 Å². The summed E-state index contributed by atoms with van der Waals surface area (Å²) in [5.74, 6) is -0.819. The summed E-state index contributed by atoms with van der Waals surface area (Å²) in [4.78, 5) is 52.5. The van der Waals surface area contributed by atoms with Gasteiger partial charge >= 0.3 is 0 Å². The molecule has 0 aromatic heterocycles. The fourth-order valence-electron chi connectivity index (χ4n) is 3.72. The summed E-state index contributed by atoms with van der Waals surface area (Å²) in [5.41, 5.74) is 0.981. The SMILES string of the molecule is COCC(=O)N1CCC(NC(=O)c2ccc3c(c2)C(=O)N(CC(C)C)C3=O)CC1. The molecular weight excluding hydrogens is 374 g/mol. The minimum atomic E-state index is -0.349. The van der Waals surface area contributed by atoms with Gasteiger partial charge in [0.2, 0.25) is 5.91 Å². The second kappa shape index (κ2) is 8.73. The molecule has 0 spiro atoms. The van der Waals surface area contributed by atoms with Crippen LogP contribution < -0.4 is 5.32 Å². The van der Waals surface area contributed by atoms with Crippen LogP contribution in [-0.4, -0.2) is 72.8 Å². The van der Waals surface area contributed by atoms with Gasteiger partial charge in [0, 0.05) is 38.3 Å². The highest BCUT2D eigenvalue weighted by Gasteiger charge is 2.36. The van der Waals surface area contributed by atoms with Crippen molar-refractivity contribution in [1.29, 1.82) is 0 Å². The Balaban J connectivity index is 1.63. The molecule has 0 atom stereocenters. The molecule has 1 aromatic carbocycles. The van der Waals surface area contributed by atoms with Crippen molar-refractivity contribution in [3.63, 3.8) is 0 Å². The normalized spacial score (nSPS) is 17.1. The Bertz CT molecular complexity index is 828. The van der Waals surface area contributed by atoms with Crippen LogP contribution in [-0.2, 0) is 9.53 Å². The number of likely N-dealkylation sites (tertiary alicyclic amines) is 1. The number of nitrogens with one attached hydrogen (secondary N) is 1. The zero-order valence-electron chi connectivity index (χ0n) is 17.1. The molecule has 2 aliphatic rings. The summed E-state index contributed by atoms with van der Waals surface area (Å²) in [7, 11) is 1.49.